The van der Waals surface area contributed by atoms with E-state index in [1.807, 2.05) is 59.5 Å². The molecule has 1 atom stereocenters. The van der Waals surface area contributed by atoms with Gasteiger partial charge >= 0.3 is 0 Å². The van der Waals surface area contributed by atoms with Gasteiger partial charge in [0.15, 0.2) is 18.1 Å². The van der Waals surface area contributed by atoms with Gasteiger partial charge in [-0.25, -0.2) is 0 Å². The van der Waals surface area contributed by atoms with E-state index in [1.165, 1.54) is 0 Å². The molecule has 0 bridgehead atoms. The van der Waals surface area contributed by atoms with Gasteiger partial charge in [-0.2, -0.15) is 5.26 Å². The van der Waals surface area contributed by atoms with Crippen LogP contribution in [-0.4, -0.2) is 37.2 Å². The van der Waals surface area contributed by atoms with Crippen LogP contribution in [0.2, 0.25) is 0 Å². The van der Waals surface area contributed by atoms with Crippen molar-refractivity contribution < 1.29 is 19.0 Å². The lowest BCUT2D eigenvalue weighted by molar-refractivity contribution is -0.134. The number of carbonyl (C=O) groups is 1. The van der Waals surface area contributed by atoms with Gasteiger partial charge in [-0.05, 0) is 65.9 Å². The van der Waals surface area contributed by atoms with Crippen LogP contribution in [0.1, 0.15) is 30.0 Å². The summed E-state index contributed by atoms with van der Waals surface area (Å²) < 4.78 is 17.1. The van der Waals surface area contributed by atoms with Gasteiger partial charge in [0.1, 0.15) is 19.0 Å². The second-order valence-electron chi connectivity index (χ2n) is 8.15. The molecule has 1 unspecified atom stereocenters. The van der Waals surface area contributed by atoms with Crippen LogP contribution in [0.15, 0.2) is 66.7 Å². The molecule has 0 saturated carbocycles. The molecule has 6 heteroatoms. The summed E-state index contributed by atoms with van der Waals surface area (Å²) in [6, 6.07) is 23.2. The lowest BCUT2D eigenvalue weighted by Gasteiger charge is -2.26. The molecular weight excluding hydrogens is 416 g/mol. The molecule has 0 aliphatic carbocycles. The minimum atomic E-state index is -0.0245. The maximum Gasteiger partial charge on any atom is 0.261 e. The standard InChI is InChI=1S/C27H24N2O4/c28-17-19-3-5-20(6-4-19)21-7-10-23(11-8-21)33-18-27(30)29-13-1-2-24(29)22-9-12-25-26(16-22)32-15-14-31-25/h3-12,16,24H,1-2,13-15,18H2. The first-order chi connectivity index (χ1) is 16.2. The Morgan fingerprint density at radius 3 is 2.39 bits per heavy atom. The average Bonchev–Trinajstić information content (AvgIpc) is 3.38. The van der Waals surface area contributed by atoms with Crippen LogP contribution in [0, 0.1) is 11.3 Å². The van der Waals surface area contributed by atoms with Gasteiger partial charge in [0, 0.05) is 6.54 Å². The van der Waals surface area contributed by atoms with Crippen molar-refractivity contribution in [1.82, 2.24) is 4.90 Å². The third-order valence-corrected chi connectivity index (χ3v) is 6.09. The van der Waals surface area contributed by atoms with Crippen LogP contribution in [0.25, 0.3) is 11.1 Å². The van der Waals surface area contributed by atoms with Crippen molar-refractivity contribution in [3.05, 3.63) is 77.9 Å². The Morgan fingerprint density at radius 1 is 0.970 bits per heavy atom. The van der Waals surface area contributed by atoms with E-state index in [0.29, 0.717) is 24.5 Å². The third-order valence-electron chi connectivity index (χ3n) is 6.09. The van der Waals surface area contributed by atoms with Gasteiger partial charge < -0.3 is 19.1 Å². The van der Waals surface area contributed by atoms with Crippen LogP contribution in [0.5, 0.6) is 17.2 Å². The Kier molecular flexibility index (Phi) is 5.86. The molecule has 1 fully saturated rings. The van der Waals surface area contributed by atoms with Crippen LogP contribution < -0.4 is 14.2 Å². The number of carbonyl (C=O) groups excluding carboxylic acids is 1. The van der Waals surface area contributed by atoms with Crippen LogP contribution in [-0.2, 0) is 4.79 Å². The van der Waals surface area contributed by atoms with Crippen molar-refractivity contribution in [1.29, 1.82) is 5.26 Å². The van der Waals surface area contributed by atoms with Gasteiger partial charge in [-0.15, -0.1) is 0 Å². The van der Waals surface area contributed by atoms with Crippen molar-refractivity contribution >= 4 is 5.91 Å². The van der Waals surface area contributed by atoms with Crippen molar-refractivity contribution in [3.8, 4) is 34.4 Å². The second kappa shape index (κ2) is 9.25. The maximum absolute atomic E-state index is 13.0. The summed E-state index contributed by atoms with van der Waals surface area (Å²) >= 11 is 0. The number of amides is 1. The molecule has 3 aromatic rings. The molecule has 5 rings (SSSR count). The van der Waals surface area contributed by atoms with Crippen molar-refractivity contribution in [2.45, 2.75) is 18.9 Å². The highest BCUT2D eigenvalue weighted by molar-refractivity contribution is 5.78. The van der Waals surface area contributed by atoms with E-state index in [0.717, 1.165) is 47.6 Å². The first-order valence-electron chi connectivity index (χ1n) is 11.1. The molecule has 0 radical (unpaired) electrons. The Balaban J connectivity index is 1.22. The molecule has 2 aliphatic rings. The highest BCUT2D eigenvalue weighted by atomic mass is 16.6. The number of nitriles is 1. The summed E-state index contributed by atoms with van der Waals surface area (Å²) in [7, 11) is 0. The van der Waals surface area contributed by atoms with E-state index in [9.17, 15) is 4.79 Å². The molecule has 1 saturated heterocycles. The number of hydrogen-bond acceptors (Lipinski definition) is 5. The lowest BCUT2D eigenvalue weighted by Crippen LogP contribution is -2.34. The quantitative estimate of drug-likeness (QED) is 0.573. The van der Waals surface area contributed by atoms with Gasteiger partial charge in [-0.1, -0.05) is 30.3 Å². The topological polar surface area (TPSA) is 71.8 Å². The Bertz CT molecular complexity index is 1180. The predicted octanol–water partition coefficient (Wildman–Crippen LogP) is 4.74. The molecule has 0 aromatic heterocycles. The SMILES string of the molecule is N#Cc1ccc(-c2ccc(OCC(=O)N3CCCC3c3ccc4c(c3)OCCO4)cc2)cc1. The summed E-state index contributed by atoms with van der Waals surface area (Å²) in [5, 5.41) is 8.94. The van der Waals surface area contributed by atoms with E-state index in [1.54, 1.807) is 12.1 Å². The number of fused-ring (bicyclic) bond motifs is 1. The fourth-order valence-electron chi connectivity index (χ4n) is 4.39. The Morgan fingerprint density at radius 2 is 1.67 bits per heavy atom. The zero-order valence-electron chi connectivity index (χ0n) is 18.2. The highest BCUT2D eigenvalue weighted by Crippen LogP contribution is 2.38. The molecule has 6 nitrogen and oxygen atoms in total. The van der Waals surface area contributed by atoms with Crippen LogP contribution in [0.4, 0.5) is 0 Å². The zero-order valence-corrected chi connectivity index (χ0v) is 18.2. The fourth-order valence-corrected chi connectivity index (χ4v) is 4.39. The minimum Gasteiger partial charge on any atom is -0.486 e. The summed E-state index contributed by atoms with van der Waals surface area (Å²) in [5.74, 6) is 2.13. The van der Waals surface area contributed by atoms with E-state index in [2.05, 4.69) is 6.07 Å². The summed E-state index contributed by atoms with van der Waals surface area (Å²) in [5.41, 5.74) is 3.75. The molecule has 2 aliphatic heterocycles. The first kappa shape index (κ1) is 20.9. The van der Waals surface area contributed by atoms with Crippen molar-refractivity contribution in [2.75, 3.05) is 26.4 Å². The monoisotopic (exact) mass is 440 g/mol. The summed E-state index contributed by atoms with van der Waals surface area (Å²) in [4.78, 5) is 14.9. The maximum atomic E-state index is 13.0. The van der Waals surface area contributed by atoms with Crippen LogP contribution in [0.3, 0.4) is 0 Å². The van der Waals surface area contributed by atoms with Gasteiger partial charge in [0.05, 0.1) is 17.7 Å². The molecule has 0 N–H and O–H groups in total. The van der Waals surface area contributed by atoms with E-state index in [4.69, 9.17) is 19.5 Å². The Hall–Kier alpha value is -3.98. The predicted molar refractivity (Wildman–Crippen MR) is 123 cm³/mol. The van der Waals surface area contributed by atoms with E-state index < -0.39 is 0 Å². The normalized spacial score (nSPS) is 16.8. The summed E-state index contributed by atoms with van der Waals surface area (Å²) in [6.45, 7) is 1.82. The zero-order chi connectivity index (χ0) is 22.6. The number of nitrogens with zero attached hydrogens (tertiary/aromatic N) is 2. The van der Waals surface area contributed by atoms with E-state index >= 15 is 0 Å². The number of hydrogen-bond donors (Lipinski definition) is 0. The molecule has 166 valence electrons. The van der Waals surface area contributed by atoms with Gasteiger partial charge in [0.25, 0.3) is 5.91 Å². The summed E-state index contributed by atoms with van der Waals surface area (Å²) in [6.07, 6.45) is 1.88. The molecule has 0 spiro atoms. The van der Waals surface area contributed by atoms with Gasteiger partial charge in [-0.3, -0.25) is 4.79 Å². The molecular formula is C27H24N2O4. The number of likely N-dealkylation sites (tertiary alicyclic amines) is 1. The van der Waals surface area contributed by atoms with Crippen molar-refractivity contribution in [3.63, 3.8) is 0 Å². The third kappa shape index (κ3) is 4.49. The largest absolute Gasteiger partial charge is 0.486 e. The average molecular weight is 440 g/mol. The van der Waals surface area contributed by atoms with Crippen LogP contribution >= 0.6 is 0 Å². The lowest BCUT2D eigenvalue weighted by atomic mass is 10.0. The number of rotatable bonds is 5. The molecule has 33 heavy (non-hydrogen) atoms. The van der Waals surface area contributed by atoms with Crippen molar-refractivity contribution in [2.24, 2.45) is 0 Å². The number of ether oxygens (including phenoxy) is 3. The number of benzene rings is 3. The van der Waals surface area contributed by atoms with E-state index in [-0.39, 0.29) is 18.6 Å². The molecule has 2 heterocycles. The van der Waals surface area contributed by atoms with Gasteiger partial charge in [0.2, 0.25) is 0 Å². The highest BCUT2D eigenvalue weighted by Gasteiger charge is 2.31. The second-order valence-corrected chi connectivity index (χ2v) is 8.15. The first-order valence-corrected chi connectivity index (χ1v) is 11.1. The smallest absolute Gasteiger partial charge is 0.261 e. The Labute approximate surface area is 192 Å². The fraction of sp³-hybridized carbons (Fsp3) is 0.259. The minimum absolute atomic E-state index is 0.00271. The molecule has 3 aromatic carbocycles. The molecule has 1 amide bonds.